The lowest BCUT2D eigenvalue weighted by molar-refractivity contribution is -0.274. The third-order valence-electron chi connectivity index (χ3n) is 6.13. The molecular formula is C26H25F5N2O2S. The van der Waals surface area contributed by atoms with E-state index < -0.39 is 17.5 Å². The highest BCUT2D eigenvalue weighted by molar-refractivity contribution is 7.84. The fourth-order valence-electron chi connectivity index (χ4n) is 4.53. The standard InChI is InChI=1S/C26H25F5N2O2S/c27-21-8-4-18(5-9-21)25(19-6-10-22(28)11-7-19)20-3-1-2-16-33(17-20)36(34)32-23-12-14-24(15-13-23)35-26(29,30)31/h4-15,20,25,32H,1-3,16-17H2. The fourth-order valence-corrected chi connectivity index (χ4v) is 5.62. The Morgan fingerprint density at radius 3 is 1.94 bits per heavy atom. The molecule has 1 saturated heterocycles. The van der Waals surface area contributed by atoms with Gasteiger partial charge >= 0.3 is 6.36 Å². The minimum Gasteiger partial charge on any atom is -0.406 e. The van der Waals surface area contributed by atoms with Crippen LogP contribution in [0.4, 0.5) is 27.6 Å². The van der Waals surface area contributed by atoms with Crippen molar-refractivity contribution in [2.75, 3.05) is 17.8 Å². The molecule has 0 amide bonds. The Hall–Kier alpha value is -2.98. The topological polar surface area (TPSA) is 41.6 Å². The van der Waals surface area contributed by atoms with E-state index in [1.165, 1.54) is 36.4 Å². The van der Waals surface area contributed by atoms with Crippen LogP contribution in [0, 0.1) is 17.6 Å². The predicted octanol–water partition coefficient (Wildman–Crippen LogP) is 6.79. The van der Waals surface area contributed by atoms with Gasteiger partial charge in [0, 0.05) is 24.7 Å². The van der Waals surface area contributed by atoms with Crippen molar-refractivity contribution in [2.24, 2.45) is 5.92 Å². The molecule has 3 aromatic carbocycles. The van der Waals surface area contributed by atoms with Crippen molar-refractivity contribution in [3.05, 3.63) is 95.6 Å². The molecule has 2 atom stereocenters. The van der Waals surface area contributed by atoms with E-state index in [1.54, 1.807) is 28.6 Å². The summed E-state index contributed by atoms with van der Waals surface area (Å²) in [5.41, 5.74) is 2.15. The lowest BCUT2D eigenvalue weighted by Gasteiger charge is -2.30. The van der Waals surface area contributed by atoms with E-state index in [-0.39, 0.29) is 29.2 Å². The molecule has 10 heteroatoms. The molecular weight excluding hydrogens is 499 g/mol. The molecule has 192 valence electrons. The van der Waals surface area contributed by atoms with Crippen LogP contribution in [0.2, 0.25) is 0 Å². The maximum absolute atomic E-state index is 13.6. The molecule has 0 spiro atoms. The van der Waals surface area contributed by atoms with Gasteiger partial charge in [0.15, 0.2) is 11.2 Å². The van der Waals surface area contributed by atoms with Crippen LogP contribution < -0.4 is 9.46 Å². The van der Waals surface area contributed by atoms with Crippen molar-refractivity contribution in [1.82, 2.24) is 4.31 Å². The zero-order valence-corrected chi connectivity index (χ0v) is 20.0. The van der Waals surface area contributed by atoms with E-state index in [0.717, 1.165) is 42.5 Å². The summed E-state index contributed by atoms with van der Waals surface area (Å²) in [5.74, 6) is -1.22. The highest BCUT2D eigenvalue weighted by Gasteiger charge is 2.32. The van der Waals surface area contributed by atoms with E-state index in [9.17, 15) is 26.2 Å². The normalized spacial score (nSPS) is 18.0. The molecule has 0 aromatic heterocycles. The number of anilines is 1. The van der Waals surface area contributed by atoms with Gasteiger partial charge in [-0.3, -0.25) is 4.72 Å². The summed E-state index contributed by atoms with van der Waals surface area (Å²) in [4.78, 5) is 0. The Labute approximate surface area is 208 Å². The average Bonchev–Trinajstić information content (AvgIpc) is 3.08. The van der Waals surface area contributed by atoms with Gasteiger partial charge in [0.2, 0.25) is 0 Å². The molecule has 1 aliphatic rings. The second-order valence-electron chi connectivity index (χ2n) is 8.65. The van der Waals surface area contributed by atoms with Gasteiger partial charge in [0.1, 0.15) is 17.4 Å². The van der Waals surface area contributed by atoms with Gasteiger partial charge in [-0.25, -0.2) is 17.3 Å². The number of alkyl halides is 3. The van der Waals surface area contributed by atoms with Gasteiger partial charge in [0.05, 0.1) is 0 Å². The molecule has 0 saturated carbocycles. The summed E-state index contributed by atoms with van der Waals surface area (Å²) in [5, 5.41) is 0. The lowest BCUT2D eigenvalue weighted by Crippen LogP contribution is -2.35. The zero-order valence-electron chi connectivity index (χ0n) is 19.2. The summed E-state index contributed by atoms with van der Waals surface area (Å²) in [7, 11) is 0. The first-order chi connectivity index (χ1) is 17.2. The third-order valence-corrected chi connectivity index (χ3v) is 7.34. The molecule has 1 fully saturated rings. The van der Waals surface area contributed by atoms with Gasteiger partial charge < -0.3 is 4.74 Å². The first-order valence-corrected chi connectivity index (χ1v) is 12.6. The molecule has 1 heterocycles. The van der Waals surface area contributed by atoms with Crippen LogP contribution in [0.5, 0.6) is 5.75 Å². The number of hydrogen-bond donors (Lipinski definition) is 1. The fraction of sp³-hybridized carbons (Fsp3) is 0.308. The molecule has 1 aliphatic heterocycles. The lowest BCUT2D eigenvalue weighted by atomic mass is 9.78. The van der Waals surface area contributed by atoms with E-state index in [1.807, 2.05) is 0 Å². The van der Waals surface area contributed by atoms with Gasteiger partial charge in [-0.1, -0.05) is 30.7 Å². The average molecular weight is 525 g/mol. The van der Waals surface area contributed by atoms with Crippen molar-refractivity contribution in [2.45, 2.75) is 31.5 Å². The largest absolute Gasteiger partial charge is 0.573 e. The van der Waals surface area contributed by atoms with Crippen LogP contribution in [-0.2, 0) is 11.2 Å². The minimum atomic E-state index is -4.79. The van der Waals surface area contributed by atoms with Crippen LogP contribution in [0.15, 0.2) is 72.8 Å². The third kappa shape index (κ3) is 7.04. The number of halogens is 5. The number of hydrogen-bond acceptors (Lipinski definition) is 2. The second-order valence-corrected chi connectivity index (χ2v) is 9.87. The molecule has 0 aliphatic carbocycles. The van der Waals surface area contributed by atoms with E-state index in [4.69, 9.17) is 0 Å². The summed E-state index contributed by atoms with van der Waals surface area (Å²) in [6, 6.07) is 17.5. The minimum absolute atomic E-state index is 0.0109. The Balaban J connectivity index is 1.52. The molecule has 0 radical (unpaired) electrons. The van der Waals surface area contributed by atoms with E-state index in [0.29, 0.717) is 18.8 Å². The zero-order chi connectivity index (χ0) is 25.7. The number of benzene rings is 3. The van der Waals surface area contributed by atoms with Crippen molar-refractivity contribution in [3.8, 4) is 5.75 Å². The molecule has 4 nitrogen and oxygen atoms in total. The van der Waals surface area contributed by atoms with Gasteiger partial charge in [-0.15, -0.1) is 13.2 Å². The van der Waals surface area contributed by atoms with Crippen LogP contribution in [0.25, 0.3) is 0 Å². The summed E-state index contributed by atoms with van der Waals surface area (Å²) in [6.07, 6.45) is -2.26. The van der Waals surface area contributed by atoms with Gasteiger partial charge in [-0.2, -0.15) is 0 Å². The molecule has 2 unspecified atom stereocenters. The van der Waals surface area contributed by atoms with Crippen molar-refractivity contribution >= 4 is 16.9 Å². The molecule has 1 N–H and O–H groups in total. The maximum atomic E-state index is 13.6. The first-order valence-electron chi connectivity index (χ1n) is 11.5. The van der Waals surface area contributed by atoms with Gasteiger partial charge in [-0.05, 0) is 78.4 Å². The Morgan fingerprint density at radius 1 is 0.861 bits per heavy atom. The van der Waals surface area contributed by atoms with Crippen LogP contribution >= 0.6 is 0 Å². The number of ether oxygens (including phenoxy) is 1. The quantitative estimate of drug-likeness (QED) is 0.346. The first kappa shape index (κ1) is 26.1. The summed E-state index contributed by atoms with van der Waals surface area (Å²) < 4.78 is 86.1. The second kappa shape index (κ2) is 11.4. The van der Waals surface area contributed by atoms with E-state index >= 15 is 0 Å². The molecule has 0 bridgehead atoms. The maximum Gasteiger partial charge on any atom is 0.573 e. The van der Waals surface area contributed by atoms with E-state index in [2.05, 4.69) is 9.46 Å². The Morgan fingerprint density at radius 2 is 1.42 bits per heavy atom. The molecule has 4 rings (SSSR count). The van der Waals surface area contributed by atoms with Crippen molar-refractivity contribution < 1.29 is 30.9 Å². The molecule has 3 aromatic rings. The number of nitrogens with zero attached hydrogens (tertiary/aromatic N) is 1. The van der Waals surface area contributed by atoms with Gasteiger partial charge in [0.25, 0.3) is 0 Å². The van der Waals surface area contributed by atoms with Crippen LogP contribution in [-0.4, -0.2) is 28.0 Å². The SMILES string of the molecule is O=S(Nc1ccc(OC(F)(F)F)cc1)N1CCCCC(C(c2ccc(F)cc2)c2ccc(F)cc2)C1. The molecule has 36 heavy (non-hydrogen) atoms. The van der Waals surface area contributed by atoms with Crippen LogP contribution in [0.1, 0.15) is 36.3 Å². The Kier molecular flexibility index (Phi) is 8.25. The highest BCUT2D eigenvalue weighted by Crippen LogP contribution is 2.37. The highest BCUT2D eigenvalue weighted by atomic mass is 32.2. The van der Waals surface area contributed by atoms with Crippen molar-refractivity contribution in [3.63, 3.8) is 0 Å². The number of nitrogens with one attached hydrogen (secondary N) is 1. The summed E-state index contributed by atoms with van der Waals surface area (Å²) >= 11 is -1.65. The summed E-state index contributed by atoms with van der Waals surface area (Å²) in [6.45, 7) is 1.01. The predicted molar refractivity (Wildman–Crippen MR) is 128 cm³/mol. The van der Waals surface area contributed by atoms with Crippen LogP contribution in [0.3, 0.4) is 0 Å². The van der Waals surface area contributed by atoms with Crippen molar-refractivity contribution in [1.29, 1.82) is 0 Å². The monoisotopic (exact) mass is 524 g/mol. The smallest absolute Gasteiger partial charge is 0.406 e. The Bertz CT molecular complexity index is 1110. The number of rotatable bonds is 7.